The van der Waals surface area contributed by atoms with Crippen LogP contribution < -0.4 is 0 Å². The molecule has 0 bridgehead atoms. The van der Waals surface area contributed by atoms with E-state index >= 15 is 0 Å². The van der Waals surface area contributed by atoms with Crippen molar-refractivity contribution in [1.29, 1.82) is 0 Å². The Morgan fingerprint density at radius 1 is 1.40 bits per heavy atom. The van der Waals surface area contributed by atoms with Crippen molar-refractivity contribution < 1.29 is 19.6 Å². The lowest BCUT2D eigenvalue weighted by Gasteiger charge is -2.24. The fourth-order valence-electron chi connectivity index (χ4n) is 2.00. The standard InChI is InChI=1S/C14H17NO5/c1-4-14(3,8-12(16)17)13(18)10-6-5-9(2)11(7-10)15(19)20/h5-7H,4,8H2,1-3H3,(H,16,17)/t14-/m1/s1. The Morgan fingerprint density at radius 2 is 2.00 bits per heavy atom. The molecule has 1 aromatic rings. The third-order valence-electron chi connectivity index (χ3n) is 3.54. The van der Waals surface area contributed by atoms with Crippen LogP contribution >= 0.6 is 0 Å². The van der Waals surface area contributed by atoms with Crippen molar-refractivity contribution in [3.05, 3.63) is 39.4 Å². The SMILES string of the molecule is CC[C@](C)(CC(=O)O)C(=O)c1ccc(C)c([N+](=O)[O-])c1. The molecule has 1 rings (SSSR count). The van der Waals surface area contributed by atoms with E-state index in [4.69, 9.17) is 5.11 Å². The summed E-state index contributed by atoms with van der Waals surface area (Å²) < 4.78 is 0. The Labute approximate surface area is 116 Å². The summed E-state index contributed by atoms with van der Waals surface area (Å²) in [6.45, 7) is 4.88. The normalized spacial score (nSPS) is 13.6. The number of ketones is 1. The second-order valence-electron chi connectivity index (χ2n) is 5.07. The second-order valence-corrected chi connectivity index (χ2v) is 5.07. The van der Waals surface area contributed by atoms with E-state index in [9.17, 15) is 19.7 Å². The number of hydrogen-bond acceptors (Lipinski definition) is 4. The van der Waals surface area contributed by atoms with Crippen LogP contribution in [0.5, 0.6) is 0 Å². The molecule has 6 nitrogen and oxygen atoms in total. The third-order valence-corrected chi connectivity index (χ3v) is 3.54. The molecule has 0 spiro atoms. The summed E-state index contributed by atoms with van der Waals surface area (Å²) in [4.78, 5) is 33.7. The molecule has 0 saturated carbocycles. The van der Waals surface area contributed by atoms with Gasteiger partial charge in [-0.1, -0.05) is 26.0 Å². The molecule has 0 aliphatic carbocycles. The second kappa shape index (κ2) is 5.81. The van der Waals surface area contributed by atoms with Crippen LogP contribution in [0.4, 0.5) is 5.69 Å². The molecule has 0 radical (unpaired) electrons. The first-order chi connectivity index (χ1) is 9.21. The van der Waals surface area contributed by atoms with Gasteiger partial charge in [-0.25, -0.2) is 0 Å². The Morgan fingerprint density at radius 3 is 2.45 bits per heavy atom. The maximum Gasteiger partial charge on any atom is 0.304 e. The number of carboxylic acids is 1. The highest BCUT2D eigenvalue weighted by molar-refractivity contribution is 6.02. The molecule has 1 aromatic carbocycles. The summed E-state index contributed by atoms with van der Waals surface area (Å²) in [7, 11) is 0. The average molecular weight is 279 g/mol. The molecule has 0 aliphatic heterocycles. The zero-order valence-corrected chi connectivity index (χ0v) is 11.7. The zero-order valence-electron chi connectivity index (χ0n) is 11.7. The highest BCUT2D eigenvalue weighted by Crippen LogP contribution is 2.32. The number of Topliss-reactive ketones (excluding diaryl/α,β-unsaturated/α-hetero) is 1. The minimum Gasteiger partial charge on any atom is -0.481 e. The number of nitro groups is 1. The molecule has 1 atom stereocenters. The number of rotatable bonds is 6. The Balaban J connectivity index is 3.23. The highest BCUT2D eigenvalue weighted by Gasteiger charge is 2.35. The van der Waals surface area contributed by atoms with Crippen LogP contribution in [0.3, 0.4) is 0 Å². The van der Waals surface area contributed by atoms with E-state index in [1.54, 1.807) is 20.8 Å². The first-order valence-corrected chi connectivity index (χ1v) is 6.23. The lowest BCUT2D eigenvalue weighted by Crippen LogP contribution is -2.30. The molecule has 108 valence electrons. The van der Waals surface area contributed by atoms with Gasteiger partial charge in [0.25, 0.3) is 5.69 Å². The van der Waals surface area contributed by atoms with Crippen molar-refractivity contribution in [1.82, 2.24) is 0 Å². The number of carboxylic acid groups (broad SMARTS) is 1. The van der Waals surface area contributed by atoms with E-state index in [1.807, 2.05) is 0 Å². The van der Waals surface area contributed by atoms with Gasteiger partial charge in [0.2, 0.25) is 0 Å². The first kappa shape index (κ1) is 15.8. The molecule has 0 heterocycles. The molecule has 0 amide bonds. The van der Waals surface area contributed by atoms with Gasteiger partial charge in [0, 0.05) is 22.6 Å². The molecule has 0 aromatic heterocycles. The summed E-state index contributed by atoms with van der Waals surface area (Å²) in [6, 6.07) is 4.22. The number of carbonyl (C=O) groups is 2. The maximum absolute atomic E-state index is 12.4. The van der Waals surface area contributed by atoms with E-state index < -0.39 is 16.3 Å². The van der Waals surface area contributed by atoms with Crippen molar-refractivity contribution in [3.63, 3.8) is 0 Å². The van der Waals surface area contributed by atoms with Crippen molar-refractivity contribution >= 4 is 17.4 Å². The van der Waals surface area contributed by atoms with Gasteiger partial charge in [-0.15, -0.1) is 0 Å². The van der Waals surface area contributed by atoms with Crippen LogP contribution in [0.1, 0.15) is 42.6 Å². The monoisotopic (exact) mass is 279 g/mol. The lowest BCUT2D eigenvalue weighted by atomic mass is 9.77. The van der Waals surface area contributed by atoms with E-state index in [-0.39, 0.29) is 23.5 Å². The Bertz CT molecular complexity index is 567. The third kappa shape index (κ3) is 3.20. The van der Waals surface area contributed by atoms with Gasteiger partial charge in [0.1, 0.15) is 0 Å². The van der Waals surface area contributed by atoms with E-state index in [0.717, 1.165) is 0 Å². The van der Waals surface area contributed by atoms with Gasteiger partial charge in [-0.3, -0.25) is 19.7 Å². The minimum absolute atomic E-state index is 0.135. The summed E-state index contributed by atoms with van der Waals surface area (Å²) >= 11 is 0. The fraction of sp³-hybridized carbons (Fsp3) is 0.429. The molecule has 0 fully saturated rings. The topological polar surface area (TPSA) is 97.5 Å². The predicted octanol–water partition coefficient (Wildman–Crippen LogP) is 2.98. The van der Waals surface area contributed by atoms with Gasteiger partial charge in [0.15, 0.2) is 5.78 Å². The van der Waals surface area contributed by atoms with Gasteiger partial charge in [0.05, 0.1) is 11.3 Å². The number of nitro benzene ring substituents is 1. The number of aliphatic carboxylic acids is 1. The summed E-state index contributed by atoms with van der Waals surface area (Å²) in [5, 5.41) is 19.8. The van der Waals surface area contributed by atoms with Crippen LogP contribution in [0, 0.1) is 22.5 Å². The van der Waals surface area contributed by atoms with Crippen molar-refractivity contribution in [2.75, 3.05) is 0 Å². The van der Waals surface area contributed by atoms with Gasteiger partial charge in [-0.2, -0.15) is 0 Å². The van der Waals surface area contributed by atoms with Gasteiger partial charge < -0.3 is 5.11 Å². The number of hydrogen-bond donors (Lipinski definition) is 1. The van der Waals surface area contributed by atoms with Crippen LogP contribution in [0.15, 0.2) is 18.2 Å². The minimum atomic E-state index is -1.07. The highest BCUT2D eigenvalue weighted by atomic mass is 16.6. The van der Waals surface area contributed by atoms with Gasteiger partial charge in [-0.05, 0) is 13.3 Å². The van der Waals surface area contributed by atoms with E-state index in [1.165, 1.54) is 18.2 Å². The summed E-state index contributed by atoms with van der Waals surface area (Å²) in [5.41, 5.74) is -0.560. The molecule has 6 heteroatoms. The summed E-state index contributed by atoms with van der Waals surface area (Å²) in [5.74, 6) is -1.45. The molecule has 0 aliphatic rings. The summed E-state index contributed by atoms with van der Waals surface area (Å²) in [6.07, 6.45) is 0.0455. The van der Waals surface area contributed by atoms with Crippen LogP contribution in [-0.2, 0) is 4.79 Å². The van der Waals surface area contributed by atoms with Gasteiger partial charge >= 0.3 is 5.97 Å². The predicted molar refractivity (Wildman–Crippen MR) is 72.8 cm³/mol. The molecule has 0 saturated heterocycles. The van der Waals surface area contributed by atoms with E-state index in [0.29, 0.717) is 12.0 Å². The molecule has 1 N–H and O–H groups in total. The molecular formula is C14H17NO5. The first-order valence-electron chi connectivity index (χ1n) is 6.23. The maximum atomic E-state index is 12.4. The molecule has 20 heavy (non-hydrogen) atoms. The average Bonchev–Trinajstić information content (AvgIpc) is 2.37. The Hall–Kier alpha value is -2.24. The fourth-order valence-corrected chi connectivity index (χ4v) is 2.00. The van der Waals surface area contributed by atoms with Crippen LogP contribution in [0.2, 0.25) is 0 Å². The van der Waals surface area contributed by atoms with Crippen molar-refractivity contribution in [3.8, 4) is 0 Å². The number of nitrogens with zero attached hydrogens (tertiary/aromatic N) is 1. The van der Waals surface area contributed by atoms with Crippen LogP contribution in [0.25, 0.3) is 0 Å². The molecular weight excluding hydrogens is 262 g/mol. The lowest BCUT2D eigenvalue weighted by molar-refractivity contribution is -0.385. The number of benzene rings is 1. The largest absolute Gasteiger partial charge is 0.481 e. The quantitative estimate of drug-likeness (QED) is 0.490. The molecule has 0 unspecified atom stereocenters. The van der Waals surface area contributed by atoms with Crippen molar-refractivity contribution in [2.24, 2.45) is 5.41 Å². The number of aryl methyl sites for hydroxylation is 1. The number of carbonyl (C=O) groups excluding carboxylic acids is 1. The Kier molecular flexibility index (Phi) is 4.60. The van der Waals surface area contributed by atoms with Crippen LogP contribution in [-0.4, -0.2) is 21.8 Å². The zero-order chi connectivity index (χ0) is 15.5. The van der Waals surface area contributed by atoms with Crippen molar-refractivity contribution in [2.45, 2.75) is 33.6 Å². The van der Waals surface area contributed by atoms with E-state index in [2.05, 4.69) is 0 Å². The smallest absolute Gasteiger partial charge is 0.304 e.